The summed E-state index contributed by atoms with van der Waals surface area (Å²) in [6, 6.07) is 19.4. The van der Waals surface area contributed by atoms with Crippen LogP contribution in [0.5, 0.6) is 0 Å². The molecule has 4 heteroatoms. The molecule has 2 aromatic rings. The third-order valence-electron chi connectivity index (χ3n) is 5.29. The Morgan fingerprint density at radius 2 is 1.67 bits per heavy atom. The Hall–Kier alpha value is -1.33. The largest absolute Gasteiger partial charge is 0.192 e. The van der Waals surface area contributed by atoms with Gasteiger partial charge in [-0.2, -0.15) is 5.26 Å². The summed E-state index contributed by atoms with van der Waals surface area (Å²) in [4.78, 5) is 0.459. The van der Waals surface area contributed by atoms with Gasteiger partial charge in [0.2, 0.25) is 0 Å². The Morgan fingerprint density at radius 1 is 1.00 bits per heavy atom. The van der Waals surface area contributed by atoms with Gasteiger partial charge in [0.05, 0.1) is 16.6 Å². The highest BCUT2D eigenvalue weighted by molar-refractivity contribution is 8.28. The van der Waals surface area contributed by atoms with Crippen molar-refractivity contribution >= 4 is 34.9 Å². The Labute approximate surface area is 152 Å². The van der Waals surface area contributed by atoms with Crippen LogP contribution in [0, 0.1) is 11.3 Å². The Bertz CT molecular complexity index is 909. The van der Waals surface area contributed by atoms with Gasteiger partial charge in [-0.05, 0) is 36.8 Å². The van der Waals surface area contributed by atoms with Crippen molar-refractivity contribution < 1.29 is 0 Å². The maximum Gasteiger partial charge on any atom is 0.0991 e. The summed E-state index contributed by atoms with van der Waals surface area (Å²) < 4.78 is 0. The van der Waals surface area contributed by atoms with Crippen LogP contribution in [-0.2, 0) is 11.8 Å². The number of allylic oxidation sites excluding steroid dienone is 1. The summed E-state index contributed by atoms with van der Waals surface area (Å²) in [5.74, 6) is 0. The Balaban J connectivity index is 1.81. The van der Waals surface area contributed by atoms with E-state index in [2.05, 4.69) is 62.4 Å². The molecule has 0 N–H and O–H groups in total. The number of hydrogen-bond donors (Lipinski definition) is 0. The van der Waals surface area contributed by atoms with Crippen LogP contribution in [0.25, 0.3) is 0 Å². The second-order valence-corrected chi connectivity index (χ2v) is 12.9. The number of thioether (sulfide) groups is 1. The van der Waals surface area contributed by atoms with Gasteiger partial charge in [0, 0.05) is 16.9 Å². The van der Waals surface area contributed by atoms with E-state index in [1.54, 1.807) is 0 Å². The molecule has 0 radical (unpaired) electrons. The Morgan fingerprint density at radius 3 is 2.29 bits per heavy atom. The molecule has 0 spiro atoms. The number of hydrogen-bond acceptors (Lipinski definition) is 3. The smallest absolute Gasteiger partial charge is 0.0991 e. The van der Waals surface area contributed by atoms with Gasteiger partial charge in [-0.3, -0.25) is 0 Å². The average Bonchev–Trinajstić information content (AvgIpc) is 3.04. The summed E-state index contributed by atoms with van der Waals surface area (Å²) in [5, 5.41) is 10.8. The molecule has 2 aliphatic rings. The summed E-state index contributed by atoms with van der Waals surface area (Å²) in [6.07, 6.45) is 0. The highest BCUT2D eigenvalue weighted by Crippen LogP contribution is 2.78. The molecule has 1 fully saturated rings. The van der Waals surface area contributed by atoms with Crippen LogP contribution in [0.1, 0.15) is 30.2 Å². The van der Waals surface area contributed by atoms with E-state index >= 15 is 0 Å². The van der Waals surface area contributed by atoms with Gasteiger partial charge in [-0.1, -0.05) is 65.4 Å². The molecular weight excluding hydrogens is 349 g/mol. The van der Waals surface area contributed by atoms with Crippen LogP contribution in [0.3, 0.4) is 0 Å². The van der Waals surface area contributed by atoms with Gasteiger partial charge >= 0.3 is 0 Å². The van der Waals surface area contributed by atoms with Gasteiger partial charge in [0.15, 0.2) is 0 Å². The molecule has 4 atom stereocenters. The van der Waals surface area contributed by atoms with Gasteiger partial charge in [0.1, 0.15) is 0 Å². The number of nitriles is 1. The number of benzene rings is 2. The lowest BCUT2D eigenvalue weighted by molar-refractivity contribution is 0.922. The van der Waals surface area contributed by atoms with E-state index in [4.69, 9.17) is 17.1 Å². The fourth-order valence-electron chi connectivity index (χ4n) is 3.95. The normalized spacial score (nSPS) is 31.3. The van der Waals surface area contributed by atoms with Crippen molar-refractivity contribution in [3.63, 3.8) is 0 Å². The van der Waals surface area contributed by atoms with Gasteiger partial charge in [-0.15, -0.1) is 11.8 Å². The molecule has 4 rings (SSSR count). The molecule has 0 saturated carbocycles. The highest BCUT2D eigenvalue weighted by atomic mass is 32.4. The second kappa shape index (κ2) is 5.88. The molecule has 2 aliphatic heterocycles. The number of fused-ring (bicyclic) bond motifs is 2. The first-order chi connectivity index (χ1) is 11.6. The minimum Gasteiger partial charge on any atom is -0.192 e. The fourth-order valence-corrected chi connectivity index (χ4v) is 14.0. The van der Waals surface area contributed by atoms with E-state index < -0.39 is 6.04 Å². The summed E-state index contributed by atoms with van der Waals surface area (Å²) in [6.45, 7) is 4.55. The maximum atomic E-state index is 9.03. The molecule has 2 heterocycles. The zero-order chi connectivity index (χ0) is 16.9. The van der Waals surface area contributed by atoms with Gasteiger partial charge < -0.3 is 0 Å². The second-order valence-electron chi connectivity index (χ2n) is 6.50. The molecule has 0 aromatic heterocycles. The van der Waals surface area contributed by atoms with Gasteiger partial charge in [0.25, 0.3) is 0 Å². The van der Waals surface area contributed by atoms with Crippen LogP contribution in [-0.4, -0.2) is 10.7 Å². The lowest BCUT2D eigenvalue weighted by Gasteiger charge is -2.26. The van der Waals surface area contributed by atoms with Crippen LogP contribution in [0.4, 0.5) is 0 Å². The minimum absolute atomic E-state index is 0.414. The quantitative estimate of drug-likeness (QED) is 0.539. The molecule has 0 aliphatic carbocycles. The third kappa shape index (κ3) is 2.17. The number of rotatable bonds is 2. The molecule has 2 bridgehead atoms. The van der Waals surface area contributed by atoms with E-state index in [0.717, 1.165) is 5.56 Å². The van der Waals surface area contributed by atoms with Gasteiger partial charge in [-0.25, -0.2) is 0 Å². The molecule has 0 amide bonds. The first-order valence-electron chi connectivity index (χ1n) is 8.05. The van der Waals surface area contributed by atoms with E-state index in [9.17, 15) is 0 Å². The van der Waals surface area contributed by atoms with Crippen molar-refractivity contribution in [3.05, 3.63) is 76.9 Å². The third-order valence-corrected chi connectivity index (χ3v) is 14.3. The zero-order valence-electron chi connectivity index (χ0n) is 13.6. The molecule has 120 valence electrons. The lowest BCUT2D eigenvalue weighted by Crippen LogP contribution is -2.17. The van der Waals surface area contributed by atoms with Crippen molar-refractivity contribution in [1.82, 2.24) is 0 Å². The van der Waals surface area contributed by atoms with Crippen molar-refractivity contribution in [2.75, 3.05) is 0 Å². The predicted octanol–water partition coefficient (Wildman–Crippen LogP) is 5.20. The number of nitrogens with zero attached hydrogens (tertiary/aromatic N) is 1. The average molecular weight is 367 g/mol. The van der Waals surface area contributed by atoms with E-state index in [1.807, 2.05) is 23.9 Å². The highest BCUT2D eigenvalue weighted by Gasteiger charge is 2.56. The van der Waals surface area contributed by atoms with Crippen molar-refractivity contribution in [3.8, 4) is 6.07 Å². The van der Waals surface area contributed by atoms with Crippen LogP contribution in [0.15, 0.2) is 65.7 Å². The monoisotopic (exact) mass is 367 g/mol. The minimum atomic E-state index is -1.69. The SMILES string of the molecule is CC1=C(C)[C@@H]2[C@H](c3ccc(C#N)cc3)S[C@H]1P2(=S)c1ccccc1. The van der Waals surface area contributed by atoms with Crippen molar-refractivity contribution in [2.24, 2.45) is 0 Å². The lowest BCUT2D eigenvalue weighted by atomic mass is 10.0. The fraction of sp³-hybridized carbons (Fsp3) is 0.250. The topological polar surface area (TPSA) is 23.8 Å². The van der Waals surface area contributed by atoms with Crippen molar-refractivity contribution in [1.29, 1.82) is 5.26 Å². The molecule has 2 aromatic carbocycles. The first-order valence-corrected chi connectivity index (χ1v) is 11.9. The van der Waals surface area contributed by atoms with E-state index in [-0.39, 0.29) is 0 Å². The standard InChI is InChI=1S/C20H18NPS2/c1-13-14(2)20-22(23,17-6-4-3-5-7-17)18(13)19(24-20)16-10-8-15(12-21)9-11-16/h3-11,18-20H,1-2H3/t18-,19+,20-,22?/m1/s1. The van der Waals surface area contributed by atoms with Crippen LogP contribution >= 0.6 is 17.8 Å². The maximum absolute atomic E-state index is 9.03. The Kier molecular flexibility index (Phi) is 3.96. The first kappa shape index (κ1) is 16.2. The molecule has 1 nitrogen and oxygen atoms in total. The van der Waals surface area contributed by atoms with E-state index in [1.165, 1.54) is 22.0 Å². The molecule has 24 heavy (non-hydrogen) atoms. The van der Waals surface area contributed by atoms with Crippen molar-refractivity contribution in [2.45, 2.75) is 29.7 Å². The molecular formula is C20H18NPS2. The summed E-state index contributed by atoms with van der Waals surface area (Å²) in [5.41, 5.74) is 5.47. The predicted molar refractivity (Wildman–Crippen MR) is 108 cm³/mol. The van der Waals surface area contributed by atoms with E-state index in [0.29, 0.717) is 15.9 Å². The summed E-state index contributed by atoms with van der Waals surface area (Å²) in [7, 11) is 0. The van der Waals surface area contributed by atoms with Crippen LogP contribution in [0.2, 0.25) is 0 Å². The summed E-state index contributed by atoms with van der Waals surface area (Å²) >= 11 is 8.46. The molecule has 1 saturated heterocycles. The molecule has 1 unspecified atom stereocenters. The van der Waals surface area contributed by atoms with Crippen LogP contribution < -0.4 is 5.30 Å². The zero-order valence-corrected chi connectivity index (χ0v) is 16.2.